The van der Waals surface area contributed by atoms with Crippen molar-refractivity contribution in [1.29, 1.82) is 0 Å². The molecule has 0 aliphatic rings. The van der Waals surface area contributed by atoms with Gasteiger partial charge in [0.2, 0.25) is 0 Å². The van der Waals surface area contributed by atoms with Crippen LogP contribution in [0.25, 0.3) is 0 Å². The monoisotopic (exact) mass is 367 g/mol. The van der Waals surface area contributed by atoms with E-state index in [2.05, 4.69) is 9.71 Å². The number of sulfonamides is 1. The van der Waals surface area contributed by atoms with Crippen LogP contribution in [0.5, 0.6) is 0 Å². The van der Waals surface area contributed by atoms with Crippen LogP contribution in [0.1, 0.15) is 5.69 Å². The fourth-order valence-corrected chi connectivity index (χ4v) is 4.59. The van der Waals surface area contributed by atoms with Gasteiger partial charge in [-0.25, -0.2) is 13.4 Å². The fraction of sp³-hybridized carbons (Fsp3) is 0.100. The van der Waals surface area contributed by atoms with Crippen LogP contribution in [0.2, 0.25) is 9.49 Å². The molecular weight excluding hydrogens is 361 g/mol. The first-order valence-corrected chi connectivity index (χ1v) is 8.36. The lowest BCUT2D eigenvalue weighted by atomic mass is 10.3. The Bertz CT molecular complexity index is 820. The van der Waals surface area contributed by atoms with Crippen molar-refractivity contribution in [3.05, 3.63) is 43.5 Å². The first kappa shape index (κ1) is 16.0. The largest absolute Gasteiger partial charge is 0.277 e. The van der Waals surface area contributed by atoms with Gasteiger partial charge in [-0.1, -0.05) is 34.5 Å². The minimum atomic E-state index is -3.91. The number of hydrogen-bond acceptors (Lipinski definition) is 6. The van der Waals surface area contributed by atoms with Gasteiger partial charge in [0.1, 0.15) is 0 Å². The Morgan fingerprint density at radius 1 is 1.38 bits per heavy atom. The number of halogens is 2. The van der Waals surface area contributed by atoms with Gasteiger partial charge in [0.05, 0.1) is 21.3 Å². The van der Waals surface area contributed by atoms with Crippen molar-refractivity contribution < 1.29 is 13.3 Å². The van der Waals surface area contributed by atoms with Crippen molar-refractivity contribution >= 4 is 55.9 Å². The van der Waals surface area contributed by atoms with Crippen molar-refractivity contribution in [3.63, 3.8) is 0 Å². The van der Waals surface area contributed by atoms with Crippen LogP contribution in [0.15, 0.2) is 22.4 Å². The van der Waals surface area contributed by atoms with Gasteiger partial charge in [0.25, 0.3) is 15.7 Å². The van der Waals surface area contributed by atoms with E-state index in [1.54, 1.807) is 0 Å². The Balaban J connectivity index is 2.37. The summed E-state index contributed by atoms with van der Waals surface area (Å²) in [5.41, 5.74) is 0.0571. The standard InChI is InChI=1S/C10H7Cl2N3O4S2/c1-5-9(20-10(12)13-5)21(18,19)14-8-3-2-6(15(16)17)4-7(8)11/h2-4,14H,1H3. The van der Waals surface area contributed by atoms with Crippen LogP contribution in [-0.2, 0) is 10.0 Å². The van der Waals surface area contributed by atoms with Gasteiger partial charge in [0, 0.05) is 12.1 Å². The van der Waals surface area contributed by atoms with E-state index >= 15 is 0 Å². The number of nitrogens with zero attached hydrogens (tertiary/aromatic N) is 2. The average Bonchev–Trinajstić information content (AvgIpc) is 2.71. The molecule has 0 saturated heterocycles. The number of aromatic nitrogens is 1. The zero-order chi connectivity index (χ0) is 15.8. The quantitative estimate of drug-likeness (QED) is 0.658. The molecule has 0 radical (unpaired) electrons. The summed E-state index contributed by atoms with van der Waals surface area (Å²) in [5, 5.41) is 10.5. The SMILES string of the molecule is Cc1nc(Cl)sc1S(=O)(=O)Nc1ccc([N+](=O)[O-])cc1Cl. The molecule has 21 heavy (non-hydrogen) atoms. The first-order valence-electron chi connectivity index (χ1n) is 5.30. The smallest absolute Gasteiger partial charge is 0.273 e. The Kier molecular flexibility index (Phi) is 4.38. The van der Waals surface area contributed by atoms with Gasteiger partial charge in [0.15, 0.2) is 8.68 Å². The van der Waals surface area contributed by atoms with Crippen molar-refractivity contribution in [1.82, 2.24) is 4.98 Å². The van der Waals surface area contributed by atoms with Crippen LogP contribution in [0, 0.1) is 17.0 Å². The van der Waals surface area contributed by atoms with E-state index in [9.17, 15) is 18.5 Å². The zero-order valence-electron chi connectivity index (χ0n) is 10.3. The number of nitrogens with one attached hydrogen (secondary N) is 1. The summed E-state index contributed by atoms with van der Waals surface area (Å²) >= 11 is 12.3. The molecule has 2 aromatic rings. The number of thiazole rings is 1. The molecule has 0 saturated carbocycles. The molecule has 0 atom stereocenters. The van der Waals surface area contributed by atoms with Crippen LogP contribution in [0.3, 0.4) is 0 Å². The number of rotatable bonds is 4. The molecule has 0 bridgehead atoms. The summed E-state index contributed by atoms with van der Waals surface area (Å²) in [4.78, 5) is 13.8. The molecule has 112 valence electrons. The Labute approximate surface area is 133 Å². The van der Waals surface area contributed by atoms with Crippen molar-refractivity contribution in [3.8, 4) is 0 Å². The molecule has 11 heteroatoms. The predicted molar refractivity (Wildman–Crippen MR) is 80.8 cm³/mol. The Hall–Kier alpha value is -1.42. The summed E-state index contributed by atoms with van der Waals surface area (Å²) in [7, 11) is -3.91. The van der Waals surface area contributed by atoms with Crippen molar-refractivity contribution in [2.24, 2.45) is 0 Å². The highest BCUT2D eigenvalue weighted by molar-refractivity contribution is 7.94. The second-order valence-corrected chi connectivity index (χ2v) is 7.73. The van der Waals surface area contributed by atoms with E-state index < -0.39 is 14.9 Å². The van der Waals surface area contributed by atoms with E-state index in [1.807, 2.05) is 0 Å². The number of non-ortho nitro benzene ring substituents is 1. The van der Waals surface area contributed by atoms with Gasteiger partial charge >= 0.3 is 0 Å². The third-order valence-electron chi connectivity index (χ3n) is 2.38. The van der Waals surface area contributed by atoms with Gasteiger partial charge in [-0.2, -0.15) is 0 Å². The molecule has 0 fully saturated rings. The maximum Gasteiger partial charge on any atom is 0.273 e. The lowest BCUT2D eigenvalue weighted by molar-refractivity contribution is -0.384. The lowest BCUT2D eigenvalue weighted by Crippen LogP contribution is -2.13. The summed E-state index contributed by atoms with van der Waals surface area (Å²) < 4.78 is 26.7. The van der Waals surface area contributed by atoms with E-state index in [1.165, 1.54) is 13.0 Å². The molecule has 1 heterocycles. The molecule has 2 rings (SSSR count). The first-order chi connectivity index (χ1) is 9.70. The number of hydrogen-bond donors (Lipinski definition) is 1. The molecule has 0 aliphatic carbocycles. The average molecular weight is 368 g/mol. The number of nitro groups is 1. The van der Waals surface area contributed by atoms with Crippen molar-refractivity contribution in [2.75, 3.05) is 4.72 Å². The molecule has 0 aliphatic heterocycles. The maximum atomic E-state index is 12.2. The maximum absolute atomic E-state index is 12.2. The predicted octanol–water partition coefficient (Wildman–Crippen LogP) is 3.47. The molecular formula is C10H7Cl2N3O4S2. The van der Waals surface area contributed by atoms with Crippen LogP contribution in [-0.4, -0.2) is 18.3 Å². The minimum Gasteiger partial charge on any atom is -0.277 e. The topological polar surface area (TPSA) is 102 Å². The van der Waals surface area contributed by atoms with Gasteiger partial charge in [-0.3, -0.25) is 14.8 Å². The van der Waals surface area contributed by atoms with E-state index in [-0.39, 0.29) is 30.8 Å². The molecule has 0 spiro atoms. The number of benzene rings is 1. The number of nitro benzene ring substituents is 1. The van der Waals surface area contributed by atoms with Crippen LogP contribution < -0.4 is 4.72 Å². The lowest BCUT2D eigenvalue weighted by Gasteiger charge is -2.08. The van der Waals surface area contributed by atoms with E-state index in [0.29, 0.717) is 0 Å². The summed E-state index contributed by atoms with van der Waals surface area (Å²) in [6, 6.07) is 3.43. The molecule has 1 aromatic carbocycles. The summed E-state index contributed by atoms with van der Waals surface area (Å²) in [6.07, 6.45) is 0. The minimum absolute atomic E-state index is 0.0335. The second kappa shape index (κ2) is 5.76. The third kappa shape index (κ3) is 3.43. The molecule has 0 amide bonds. The fourth-order valence-electron chi connectivity index (χ4n) is 1.49. The van der Waals surface area contributed by atoms with E-state index in [0.717, 1.165) is 23.5 Å². The van der Waals surface area contributed by atoms with Gasteiger partial charge < -0.3 is 0 Å². The Morgan fingerprint density at radius 2 is 2.05 bits per heavy atom. The molecule has 0 unspecified atom stereocenters. The zero-order valence-corrected chi connectivity index (χ0v) is 13.5. The highest BCUT2D eigenvalue weighted by Gasteiger charge is 2.23. The van der Waals surface area contributed by atoms with Crippen LogP contribution >= 0.6 is 34.5 Å². The number of aryl methyl sites for hydroxylation is 1. The summed E-state index contributed by atoms with van der Waals surface area (Å²) in [5.74, 6) is 0. The van der Waals surface area contributed by atoms with E-state index in [4.69, 9.17) is 23.2 Å². The van der Waals surface area contributed by atoms with Crippen molar-refractivity contribution in [2.45, 2.75) is 11.1 Å². The van der Waals surface area contributed by atoms with Crippen LogP contribution in [0.4, 0.5) is 11.4 Å². The Morgan fingerprint density at radius 3 is 2.52 bits per heavy atom. The molecule has 7 nitrogen and oxygen atoms in total. The van der Waals surface area contributed by atoms with Gasteiger partial charge in [-0.05, 0) is 13.0 Å². The third-order valence-corrected chi connectivity index (χ3v) is 5.93. The normalized spacial score (nSPS) is 11.4. The molecule has 1 aromatic heterocycles. The second-order valence-electron chi connectivity index (χ2n) is 3.87. The van der Waals surface area contributed by atoms with Gasteiger partial charge in [-0.15, -0.1) is 0 Å². The number of anilines is 1. The highest BCUT2D eigenvalue weighted by Crippen LogP contribution is 2.32. The molecule has 1 N–H and O–H groups in total. The summed E-state index contributed by atoms with van der Waals surface area (Å²) in [6.45, 7) is 1.51. The highest BCUT2D eigenvalue weighted by atomic mass is 35.5.